The highest BCUT2D eigenvalue weighted by Gasteiger charge is 2.43. The largest absolute Gasteiger partial charge is 0.423 e. The molecule has 0 aromatic heterocycles. The third-order valence-corrected chi connectivity index (χ3v) is 4.84. The maximum absolute atomic E-state index is 12.8. The van der Waals surface area contributed by atoms with E-state index < -0.39 is 11.9 Å². The van der Waals surface area contributed by atoms with Gasteiger partial charge in [0.25, 0.3) is 0 Å². The van der Waals surface area contributed by atoms with Crippen molar-refractivity contribution in [1.82, 2.24) is 0 Å². The van der Waals surface area contributed by atoms with E-state index in [2.05, 4.69) is 6.58 Å². The van der Waals surface area contributed by atoms with Crippen LogP contribution < -0.4 is 4.74 Å². The zero-order valence-electron chi connectivity index (χ0n) is 12.2. The highest BCUT2D eigenvalue weighted by atomic mass is 35.5. The minimum Gasteiger partial charge on any atom is -0.423 e. The number of ether oxygens (including phenoxy) is 1. The summed E-state index contributed by atoms with van der Waals surface area (Å²) >= 11 is 6.10. The summed E-state index contributed by atoms with van der Waals surface area (Å²) in [6.45, 7) is 3.88. The van der Waals surface area contributed by atoms with Gasteiger partial charge in [0.1, 0.15) is 5.75 Å². The van der Waals surface area contributed by atoms with Crippen molar-refractivity contribution >= 4 is 23.4 Å². The van der Waals surface area contributed by atoms with Crippen molar-refractivity contribution in [3.63, 3.8) is 0 Å². The average molecular weight is 325 g/mol. The Morgan fingerprint density at radius 3 is 2.70 bits per heavy atom. The first kappa shape index (κ1) is 14.2. The summed E-state index contributed by atoms with van der Waals surface area (Å²) in [6.07, 6.45) is 0.595. The van der Waals surface area contributed by atoms with E-state index in [0.29, 0.717) is 22.8 Å². The standard InChI is InChI=1S/C19H13ClO3/c1-10-17(14-9-12(20)6-7-16(14)23-19(10)22)15-8-11-4-2-3-5-13(11)18(15)21/h2-7,9,15,17H,1,8H2/t15-,17-/m0/s1. The summed E-state index contributed by atoms with van der Waals surface area (Å²) < 4.78 is 5.29. The molecular formula is C19H13ClO3. The molecule has 0 saturated heterocycles. The van der Waals surface area contributed by atoms with Gasteiger partial charge in [0.2, 0.25) is 0 Å². The quantitative estimate of drug-likeness (QED) is 0.453. The van der Waals surface area contributed by atoms with Crippen molar-refractivity contribution in [2.75, 3.05) is 0 Å². The summed E-state index contributed by atoms with van der Waals surface area (Å²) in [5.41, 5.74) is 2.81. The van der Waals surface area contributed by atoms with Gasteiger partial charge < -0.3 is 4.74 Å². The molecule has 2 aromatic carbocycles. The van der Waals surface area contributed by atoms with E-state index in [0.717, 1.165) is 16.7 Å². The fraction of sp³-hybridized carbons (Fsp3) is 0.158. The average Bonchev–Trinajstić information content (AvgIpc) is 2.86. The Bertz CT molecular complexity index is 869. The SMILES string of the molecule is C=C1C(=O)Oc2ccc(Cl)cc2[C@H]1[C@@H]1Cc2ccccc2C1=O. The predicted octanol–water partition coefficient (Wildman–Crippen LogP) is 3.95. The van der Waals surface area contributed by atoms with E-state index in [1.807, 2.05) is 24.3 Å². The van der Waals surface area contributed by atoms with Gasteiger partial charge in [0, 0.05) is 33.6 Å². The van der Waals surface area contributed by atoms with Crippen LogP contribution in [-0.2, 0) is 11.2 Å². The van der Waals surface area contributed by atoms with Gasteiger partial charge in [-0.05, 0) is 30.2 Å². The van der Waals surface area contributed by atoms with Gasteiger partial charge >= 0.3 is 5.97 Å². The molecule has 2 atom stereocenters. The molecule has 4 heteroatoms. The van der Waals surface area contributed by atoms with E-state index in [-0.39, 0.29) is 11.7 Å². The van der Waals surface area contributed by atoms with Crippen LogP contribution in [-0.4, -0.2) is 11.8 Å². The van der Waals surface area contributed by atoms with Gasteiger partial charge in [-0.25, -0.2) is 4.79 Å². The van der Waals surface area contributed by atoms with Crippen molar-refractivity contribution in [3.8, 4) is 5.75 Å². The van der Waals surface area contributed by atoms with Crippen molar-refractivity contribution in [2.45, 2.75) is 12.3 Å². The third-order valence-electron chi connectivity index (χ3n) is 4.61. The number of rotatable bonds is 1. The molecule has 2 aromatic rings. The van der Waals surface area contributed by atoms with Gasteiger partial charge in [0.05, 0.1) is 0 Å². The summed E-state index contributed by atoms with van der Waals surface area (Å²) in [6, 6.07) is 12.7. The van der Waals surface area contributed by atoms with Gasteiger partial charge in [0.15, 0.2) is 5.78 Å². The number of ketones is 1. The Morgan fingerprint density at radius 2 is 1.91 bits per heavy atom. The number of hydrogen-bond donors (Lipinski definition) is 0. The van der Waals surface area contributed by atoms with Crippen LogP contribution in [0.25, 0.3) is 0 Å². The Kier molecular flexibility index (Phi) is 3.13. The fourth-order valence-corrected chi connectivity index (χ4v) is 3.71. The van der Waals surface area contributed by atoms with E-state index in [9.17, 15) is 9.59 Å². The van der Waals surface area contributed by atoms with Crippen molar-refractivity contribution < 1.29 is 14.3 Å². The van der Waals surface area contributed by atoms with Crippen molar-refractivity contribution in [3.05, 3.63) is 76.3 Å². The summed E-state index contributed by atoms with van der Waals surface area (Å²) in [4.78, 5) is 24.9. The van der Waals surface area contributed by atoms with Gasteiger partial charge in [-0.1, -0.05) is 42.4 Å². The molecule has 4 rings (SSSR count). The van der Waals surface area contributed by atoms with Crippen LogP contribution in [0.1, 0.15) is 27.4 Å². The fourth-order valence-electron chi connectivity index (χ4n) is 3.53. The molecule has 114 valence electrons. The first-order chi connectivity index (χ1) is 11.1. The molecule has 3 nitrogen and oxygen atoms in total. The minimum atomic E-state index is -0.478. The Hall–Kier alpha value is -2.39. The number of carbonyl (C=O) groups excluding carboxylic acids is 2. The second-order valence-electron chi connectivity index (χ2n) is 5.91. The summed E-state index contributed by atoms with van der Waals surface area (Å²) in [5.74, 6) is -0.712. The lowest BCUT2D eigenvalue weighted by atomic mass is 9.77. The molecule has 0 saturated carbocycles. The maximum Gasteiger partial charge on any atom is 0.339 e. The van der Waals surface area contributed by atoms with Gasteiger partial charge in [-0.2, -0.15) is 0 Å². The predicted molar refractivity (Wildman–Crippen MR) is 86.9 cm³/mol. The molecule has 0 unspecified atom stereocenters. The Morgan fingerprint density at radius 1 is 1.13 bits per heavy atom. The van der Waals surface area contributed by atoms with Crippen molar-refractivity contribution in [1.29, 1.82) is 0 Å². The number of hydrogen-bond acceptors (Lipinski definition) is 3. The van der Waals surface area contributed by atoms with E-state index in [4.69, 9.17) is 16.3 Å². The van der Waals surface area contributed by atoms with Gasteiger partial charge in [-0.15, -0.1) is 0 Å². The molecular weight excluding hydrogens is 312 g/mol. The Balaban J connectivity index is 1.83. The topological polar surface area (TPSA) is 43.4 Å². The number of fused-ring (bicyclic) bond motifs is 2. The van der Waals surface area contributed by atoms with Crippen LogP contribution >= 0.6 is 11.6 Å². The van der Waals surface area contributed by atoms with E-state index in [1.165, 1.54) is 0 Å². The number of carbonyl (C=O) groups is 2. The molecule has 0 spiro atoms. The monoisotopic (exact) mass is 324 g/mol. The summed E-state index contributed by atoms with van der Waals surface area (Å²) in [5, 5.41) is 0.544. The lowest BCUT2D eigenvalue weighted by molar-refractivity contribution is -0.131. The molecule has 1 aliphatic carbocycles. The van der Waals surface area contributed by atoms with Crippen LogP contribution in [0.3, 0.4) is 0 Å². The lowest BCUT2D eigenvalue weighted by Gasteiger charge is -2.30. The van der Waals surface area contributed by atoms with E-state index >= 15 is 0 Å². The highest BCUT2D eigenvalue weighted by Crippen LogP contribution is 2.46. The number of benzene rings is 2. The molecule has 0 amide bonds. The highest BCUT2D eigenvalue weighted by molar-refractivity contribution is 6.30. The Labute approximate surface area is 138 Å². The zero-order chi connectivity index (χ0) is 16.1. The smallest absolute Gasteiger partial charge is 0.339 e. The first-order valence-electron chi connectivity index (χ1n) is 7.39. The molecule has 0 fully saturated rings. The molecule has 0 N–H and O–H groups in total. The minimum absolute atomic E-state index is 0.0485. The van der Waals surface area contributed by atoms with Crippen LogP contribution in [0.4, 0.5) is 0 Å². The molecule has 1 heterocycles. The van der Waals surface area contributed by atoms with Crippen molar-refractivity contribution in [2.24, 2.45) is 5.92 Å². The number of halogens is 1. The summed E-state index contributed by atoms with van der Waals surface area (Å²) in [7, 11) is 0. The van der Waals surface area contributed by atoms with Crippen LogP contribution in [0.2, 0.25) is 5.02 Å². The van der Waals surface area contributed by atoms with E-state index in [1.54, 1.807) is 18.2 Å². The molecule has 1 aliphatic heterocycles. The number of Topliss-reactive ketones (excluding diaryl/α,β-unsaturated/α-hetero) is 1. The lowest BCUT2D eigenvalue weighted by Crippen LogP contribution is -2.30. The maximum atomic E-state index is 12.8. The number of esters is 1. The zero-order valence-corrected chi connectivity index (χ0v) is 13.0. The molecule has 23 heavy (non-hydrogen) atoms. The van der Waals surface area contributed by atoms with Crippen LogP contribution in [0.15, 0.2) is 54.6 Å². The first-order valence-corrected chi connectivity index (χ1v) is 7.76. The molecule has 0 bridgehead atoms. The van der Waals surface area contributed by atoms with Crippen LogP contribution in [0, 0.1) is 5.92 Å². The normalized spacial score (nSPS) is 22.6. The molecule has 2 aliphatic rings. The second kappa shape index (κ2) is 5.07. The molecule has 0 radical (unpaired) electrons. The second-order valence-corrected chi connectivity index (χ2v) is 6.34. The van der Waals surface area contributed by atoms with Crippen LogP contribution in [0.5, 0.6) is 5.75 Å². The van der Waals surface area contributed by atoms with Gasteiger partial charge in [-0.3, -0.25) is 4.79 Å². The third kappa shape index (κ3) is 2.12.